The first kappa shape index (κ1) is 23.6. The molecule has 0 bridgehead atoms. The van der Waals surface area contributed by atoms with Crippen LogP contribution in [-0.4, -0.2) is 41.4 Å². The highest BCUT2D eigenvalue weighted by atomic mass is 127. The van der Waals surface area contributed by atoms with Gasteiger partial charge in [-0.15, -0.1) is 35.3 Å². The van der Waals surface area contributed by atoms with Gasteiger partial charge in [-0.3, -0.25) is 9.79 Å². The molecule has 29 heavy (non-hydrogen) atoms. The number of hydrogen-bond donors (Lipinski definition) is 2. The van der Waals surface area contributed by atoms with Crippen LogP contribution < -0.4 is 10.6 Å². The Morgan fingerprint density at radius 2 is 1.97 bits per heavy atom. The number of carbonyl (C=O) groups is 1. The molecule has 8 heteroatoms. The van der Waals surface area contributed by atoms with Gasteiger partial charge < -0.3 is 15.5 Å². The molecule has 0 radical (unpaired) electrons. The zero-order valence-corrected chi connectivity index (χ0v) is 20.3. The Balaban J connectivity index is 0.00000300. The molecule has 0 aliphatic carbocycles. The van der Waals surface area contributed by atoms with Crippen molar-refractivity contribution < 1.29 is 4.79 Å². The first-order chi connectivity index (χ1) is 13.7. The van der Waals surface area contributed by atoms with Gasteiger partial charge in [0.15, 0.2) is 5.96 Å². The van der Waals surface area contributed by atoms with Crippen molar-refractivity contribution >= 4 is 47.2 Å². The van der Waals surface area contributed by atoms with Crippen molar-refractivity contribution in [3.63, 3.8) is 0 Å². The van der Waals surface area contributed by atoms with Crippen molar-refractivity contribution in [3.8, 4) is 0 Å². The maximum Gasteiger partial charge on any atom is 0.223 e. The molecule has 158 valence electrons. The lowest BCUT2D eigenvalue weighted by Crippen LogP contribution is -2.38. The summed E-state index contributed by atoms with van der Waals surface area (Å²) in [6, 6.07) is 8.28. The zero-order valence-electron chi connectivity index (χ0n) is 17.1. The minimum atomic E-state index is 0. The summed E-state index contributed by atoms with van der Waals surface area (Å²) in [7, 11) is 0. The predicted octanol–water partition coefficient (Wildman–Crippen LogP) is 3.49. The van der Waals surface area contributed by atoms with Gasteiger partial charge in [-0.1, -0.05) is 24.3 Å². The molecule has 2 heterocycles. The van der Waals surface area contributed by atoms with E-state index in [0.29, 0.717) is 13.0 Å². The molecule has 0 fully saturated rings. The lowest BCUT2D eigenvalue weighted by Gasteiger charge is -2.15. The number of benzene rings is 1. The first-order valence-corrected chi connectivity index (χ1v) is 10.8. The number of nitrogens with zero attached hydrogens (tertiary/aromatic N) is 3. The van der Waals surface area contributed by atoms with E-state index in [2.05, 4.69) is 45.0 Å². The Hall–Kier alpha value is -1.68. The molecule has 2 N–H and O–H groups in total. The van der Waals surface area contributed by atoms with Crippen LogP contribution in [0.4, 0.5) is 0 Å². The topological polar surface area (TPSA) is 69.6 Å². The number of aromatic nitrogens is 1. The molecule has 0 saturated heterocycles. The summed E-state index contributed by atoms with van der Waals surface area (Å²) < 4.78 is 0. The van der Waals surface area contributed by atoms with Crippen molar-refractivity contribution in [2.45, 2.75) is 46.2 Å². The summed E-state index contributed by atoms with van der Waals surface area (Å²) in [5.41, 5.74) is 3.65. The van der Waals surface area contributed by atoms with E-state index in [9.17, 15) is 4.79 Å². The molecule has 0 spiro atoms. The van der Waals surface area contributed by atoms with Gasteiger partial charge in [-0.25, -0.2) is 4.98 Å². The maximum absolute atomic E-state index is 12.5. The molecular formula is C21H30IN5OS. The van der Waals surface area contributed by atoms with Gasteiger partial charge in [0.2, 0.25) is 5.91 Å². The van der Waals surface area contributed by atoms with Gasteiger partial charge in [0.05, 0.1) is 10.7 Å². The molecule has 0 saturated carbocycles. The van der Waals surface area contributed by atoms with Crippen molar-refractivity contribution in [1.29, 1.82) is 0 Å². The number of halogens is 1. The van der Waals surface area contributed by atoms with Crippen LogP contribution in [-0.2, 0) is 24.3 Å². The van der Waals surface area contributed by atoms with Crippen LogP contribution in [0, 0.1) is 6.92 Å². The van der Waals surface area contributed by atoms with Gasteiger partial charge in [0.25, 0.3) is 0 Å². The number of guanidine groups is 1. The van der Waals surface area contributed by atoms with Gasteiger partial charge in [0.1, 0.15) is 0 Å². The quantitative estimate of drug-likeness (QED) is 0.239. The monoisotopic (exact) mass is 527 g/mol. The second-order valence-corrected chi connectivity index (χ2v) is 7.98. The number of thiazole rings is 1. The van der Waals surface area contributed by atoms with Crippen LogP contribution in [0.1, 0.15) is 41.6 Å². The number of hydrogen-bond acceptors (Lipinski definition) is 4. The number of fused-ring (bicyclic) bond motifs is 1. The van der Waals surface area contributed by atoms with E-state index in [0.717, 1.165) is 55.7 Å². The summed E-state index contributed by atoms with van der Waals surface area (Å²) in [5, 5.41) is 9.80. The van der Waals surface area contributed by atoms with E-state index < -0.39 is 0 Å². The summed E-state index contributed by atoms with van der Waals surface area (Å²) in [6.07, 6.45) is 2.17. The van der Waals surface area contributed by atoms with Gasteiger partial charge in [0, 0.05) is 50.9 Å². The smallest absolute Gasteiger partial charge is 0.223 e. The van der Waals surface area contributed by atoms with Crippen LogP contribution >= 0.6 is 35.3 Å². The Bertz CT molecular complexity index is 798. The third kappa shape index (κ3) is 7.26. The molecule has 1 aromatic carbocycles. The van der Waals surface area contributed by atoms with E-state index in [1.807, 2.05) is 24.0 Å². The summed E-state index contributed by atoms with van der Waals surface area (Å²) >= 11 is 1.68. The van der Waals surface area contributed by atoms with Gasteiger partial charge >= 0.3 is 0 Å². The van der Waals surface area contributed by atoms with Crippen LogP contribution in [0.25, 0.3) is 0 Å². The lowest BCUT2D eigenvalue weighted by molar-refractivity contribution is -0.131. The Morgan fingerprint density at radius 3 is 2.59 bits per heavy atom. The van der Waals surface area contributed by atoms with Crippen molar-refractivity contribution in [2.75, 3.05) is 19.6 Å². The number of rotatable bonds is 8. The Kier molecular flexibility index (Phi) is 9.86. The Morgan fingerprint density at radius 1 is 1.24 bits per heavy atom. The molecule has 0 atom stereocenters. The number of carbonyl (C=O) groups excluding carboxylic acids is 1. The lowest BCUT2D eigenvalue weighted by atomic mass is 10.1. The number of aliphatic imine (C=N–C) groups is 1. The van der Waals surface area contributed by atoms with E-state index >= 15 is 0 Å². The average molecular weight is 527 g/mol. The largest absolute Gasteiger partial charge is 0.357 e. The highest BCUT2D eigenvalue weighted by molar-refractivity contribution is 14.0. The van der Waals surface area contributed by atoms with Crippen molar-refractivity contribution in [3.05, 3.63) is 51.5 Å². The molecule has 6 nitrogen and oxygen atoms in total. The highest BCUT2D eigenvalue weighted by Gasteiger charge is 2.22. The van der Waals surface area contributed by atoms with E-state index in [1.54, 1.807) is 11.3 Å². The molecule has 1 aliphatic rings. The number of aryl methyl sites for hydroxylation is 1. The molecule has 2 aromatic rings. The molecule has 1 aliphatic heterocycles. The molecule has 1 amide bonds. The van der Waals surface area contributed by atoms with E-state index in [4.69, 9.17) is 0 Å². The van der Waals surface area contributed by atoms with E-state index in [-0.39, 0.29) is 29.9 Å². The van der Waals surface area contributed by atoms with Gasteiger partial charge in [-0.2, -0.15) is 0 Å². The third-order valence-electron chi connectivity index (χ3n) is 4.70. The third-order valence-corrected chi connectivity index (χ3v) is 5.52. The number of nitrogens with one attached hydrogen (secondary N) is 2. The van der Waals surface area contributed by atoms with E-state index in [1.165, 1.54) is 11.1 Å². The normalized spacial score (nSPS) is 13.0. The molecule has 0 unspecified atom stereocenters. The second-order valence-electron chi connectivity index (χ2n) is 6.92. The summed E-state index contributed by atoms with van der Waals surface area (Å²) in [4.78, 5) is 23.5. The fourth-order valence-electron chi connectivity index (χ4n) is 3.26. The van der Waals surface area contributed by atoms with Crippen LogP contribution in [0.15, 0.2) is 34.6 Å². The standard InChI is InChI=1S/C21H29N5OS.HI/c1-3-22-21(24-12-10-19-15-28-16(2)25-19)23-11-6-9-20(27)26-13-17-7-4-5-8-18(17)14-26;/h4-5,7-8,15H,3,6,9-14H2,1-2H3,(H2,22,23,24);1H. The number of amides is 1. The molecule has 1 aromatic heterocycles. The van der Waals surface area contributed by atoms with Gasteiger partial charge in [-0.05, 0) is 31.4 Å². The minimum Gasteiger partial charge on any atom is -0.357 e. The Labute approximate surface area is 194 Å². The first-order valence-electron chi connectivity index (χ1n) is 9.93. The highest BCUT2D eigenvalue weighted by Crippen LogP contribution is 2.22. The fraction of sp³-hybridized carbons (Fsp3) is 0.476. The van der Waals surface area contributed by atoms with Crippen LogP contribution in [0.5, 0.6) is 0 Å². The summed E-state index contributed by atoms with van der Waals surface area (Å²) in [6.45, 7) is 7.78. The molecular weight excluding hydrogens is 497 g/mol. The fourth-order valence-corrected chi connectivity index (χ4v) is 3.91. The zero-order chi connectivity index (χ0) is 19.8. The predicted molar refractivity (Wildman–Crippen MR) is 130 cm³/mol. The maximum atomic E-state index is 12.5. The second kappa shape index (κ2) is 12.1. The summed E-state index contributed by atoms with van der Waals surface area (Å²) in [5.74, 6) is 1.01. The van der Waals surface area contributed by atoms with Crippen LogP contribution in [0.2, 0.25) is 0 Å². The SMILES string of the molecule is CCNC(=NCCCC(=O)N1Cc2ccccc2C1)NCCc1csc(C)n1.I. The van der Waals surface area contributed by atoms with Crippen LogP contribution in [0.3, 0.4) is 0 Å². The minimum absolute atomic E-state index is 0. The van der Waals surface area contributed by atoms with Crippen molar-refractivity contribution in [1.82, 2.24) is 20.5 Å². The van der Waals surface area contributed by atoms with Crippen molar-refractivity contribution in [2.24, 2.45) is 4.99 Å². The average Bonchev–Trinajstić information content (AvgIpc) is 3.31. The molecule has 3 rings (SSSR count).